The third-order valence-electron chi connectivity index (χ3n) is 7.62. The van der Waals surface area contributed by atoms with Crippen LogP contribution in [0.2, 0.25) is 5.02 Å². The monoisotopic (exact) mass is 609 g/mol. The van der Waals surface area contributed by atoms with Crippen LogP contribution in [0.3, 0.4) is 0 Å². The Hall–Kier alpha value is -3.91. The minimum Gasteiger partial charge on any atom is -0.360 e. The third kappa shape index (κ3) is 5.60. The average Bonchev–Trinajstić information content (AvgIpc) is 3.51. The van der Waals surface area contributed by atoms with E-state index in [1.807, 2.05) is 88.4 Å². The maximum atomic E-state index is 13.1. The molecule has 0 spiro atoms. The molecule has 0 saturated carbocycles. The van der Waals surface area contributed by atoms with Crippen LogP contribution in [-0.4, -0.2) is 34.3 Å². The van der Waals surface area contributed by atoms with Crippen LogP contribution in [0.4, 0.5) is 5.69 Å². The number of aryl methyl sites for hydroxylation is 1. The first kappa shape index (κ1) is 29.2. The molecule has 0 bridgehead atoms. The first-order valence-electron chi connectivity index (χ1n) is 14.1. The van der Waals surface area contributed by atoms with E-state index in [-0.39, 0.29) is 11.7 Å². The van der Waals surface area contributed by atoms with E-state index in [1.54, 1.807) is 36.4 Å². The van der Waals surface area contributed by atoms with Crippen LogP contribution in [0.5, 0.6) is 0 Å². The van der Waals surface area contributed by atoms with Gasteiger partial charge in [0.15, 0.2) is 5.78 Å². The topological polar surface area (TPSA) is 72.4 Å². The number of fused-ring (bicyclic) bond motifs is 2. The van der Waals surface area contributed by atoms with Crippen molar-refractivity contribution in [2.75, 3.05) is 11.9 Å². The Morgan fingerprint density at radius 1 is 1.02 bits per heavy atom. The van der Waals surface area contributed by atoms with E-state index >= 15 is 0 Å². The second-order valence-corrected chi connectivity index (χ2v) is 13.4. The lowest BCUT2D eigenvalue weighted by Crippen LogP contribution is -2.27. The van der Waals surface area contributed by atoms with E-state index in [0.717, 1.165) is 65.5 Å². The van der Waals surface area contributed by atoms with Gasteiger partial charge in [-0.15, -0.1) is 11.3 Å². The number of thiazole rings is 1. The molecule has 0 N–H and O–H groups in total. The van der Waals surface area contributed by atoms with Gasteiger partial charge in [-0.3, -0.25) is 14.6 Å². The normalized spacial score (nSPS) is 13.9. The lowest BCUT2D eigenvalue weighted by Gasteiger charge is -2.29. The van der Waals surface area contributed by atoms with Crippen LogP contribution >= 0.6 is 22.9 Å². The number of halogens is 1. The number of carbonyl (C=O) groups is 2. The van der Waals surface area contributed by atoms with Gasteiger partial charge >= 0.3 is 0 Å². The minimum atomic E-state index is -0.737. The molecule has 6 rings (SSSR count). The number of ether oxygens (including phenoxy) is 1. The fourth-order valence-electron chi connectivity index (χ4n) is 5.63. The zero-order chi connectivity index (χ0) is 30.6. The maximum Gasteiger partial charge on any atom is 0.231 e. The molecule has 0 saturated heterocycles. The summed E-state index contributed by atoms with van der Waals surface area (Å²) < 4.78 is 7.35. The molecular weight excluding hydrogens is 578 g/mol. The number of Topliss-reactive ketones (excluding diaryl/α,β-unsaturated/α-hetero) is 1. The predicted molar refractivity (Wildman–Crippen MR) is 175 cm³/mol. The van der Waals surface area contributed by atoms with Crippen LogP contribution in [-0.2, 0) is 20.7 Å². The van der Waals surface area contributed by atoms with Gasteiger partial charge in [0.05, 0.1) is 27.9 Å². The van der Waals surface area contributed by atoms with E-state index < -0.39 is 11.7 Å². The number of aromatic nitrogens is 2. The van der Waals surface area contributed by atoms with Crippen LogP contribution in [0, 0.1) is 6.92 Å². The lowest BCUT2D eigenvalue weighted by molar-refractivity contribution is -0.138. The van der Waals surface area contributed by atoms with Gasteiger partial charge in [-0.25, -0.2) is 4.98 Å². The van der Waals surface area contributed by atoms with Gasteiger partial charge < -0.3 is 9.64 Å². The van der Waals surface area contributed by atoms with Crippen molar-refractivity contribution in [3.63, 3.8) is 0 Å². The van der Waals surface area contributed by atoms with Crippen molar-refractivity contribution in [1.82, 2.24) is 9.97 Å². The Balaban J connectivity index is 1.50. The molecule has 5 aromatic rings. The number of pyridine rings is 1. The molecule has 3 aromatic carbocycles. The summed E-state index contributed by atoms with van der Waals surface area (Å²) in [6.07, 6.45) is 1.45. The number of benzene rings is 3. The van der Waals surface area contributed by atoms with E-state index in [4.69, 9.17) is 21.3 Å². The third-order valence-corrected chi connectivity index (χ3v) is 9.01. The van der Waals surface area contributed by atoms with Crippen molar-refractivity contribution in [2.24, 2.45) is 0 Å². The van der Waals surface area contributed by atoms with Crippen molar-refractivity contribution in [3.05, 3.63) is 88.6 Å². The van der Waals surface area contributed by atoms with Gasteiger partial charge in [-0.05, 0) is 93.8 Å². The van der Waals surface area contributed by atoms with Crippen LogP contribution in [0.1, 0.15) is 50.5 Å². The zero-order valence-electron chi connectivity index (χ0n) is 25.0. The van der Waals surface area contributed by atoms with E-state index in [9.17, 15) is 9.59 Å². The number of carbonyl (C=O) groups excluding carboxylic acids is 2. The van der Waals surface area contributed by atoms with E-state index in [1.165, 1.54) is 0 Å². The van der Waals surface area contributed by atoms with Gasteiger partial charge in [-0.2, -0.15) is 0 Å². The molecule has 3 heterocycles. The summed E-state index contributed by atoms with van der Waals surface area (Å²) in [7, 11) is 1.80. The maximum absolute atomic E-state index is 13.1. The molecule has 218 valence electrons. The van der Waals surface area contributed by atoms with E-state index in [0.29, 0.717) is 11.4 Å². The summed E-state index contributed by atoms with van der Waals surface area (Å²) in [6.45, 7) is 9.47. The van der Waals surface area contributed by atoms with Crippen molar-refractivity contribution in [2.45, 2.75) is 52.7 Å². The molecule has 1 atom stereocenters. The summed E-state index contributed by atoms with van der Waals surface area (Å²) in [4.78, 5) is 36.7. The highest BCUT2D eigenvalue weighted by atomic mass is 35.5. The van der Waals surface area contributed by atoms with Crippen molar-refractivity contribution >= 4 is 50.5 Å². The molecule has 1 aliphatic heterocycles. The molecule has 0 fully saturated rings. The number of hydrogen-bond donors (Lipinski definition) is 0. The Labute approximate surface area is 260 Å². The second kappa shape index (κ2) is 11.0. The summed E-state index contributed by atoms with van der Waals surface area (Å²) >= 11 is 7.85. The molecular formula is C35H32ClN3O3S. The van der Waals surface area contributed by atoms with Crippen molar-refractivity contribution in [1.29, 1.82) is 0 Å². The smallest absolute Gasteiger partial charge is 0.231 e. The summed E-state index contributed by atoms with van der Waals surface area (Å²) in [5.41, 5.74) is 8.63. The standard InChI is InChI=1S/C35H32ClN3O3S/c1-19-15-27-33(31(21-7-10-25(36)11-8-21)30(19)32(20(2)40)42-35(3,4)5)43-34(38-27)23-13-14-37-26(17-23)22-9-12-28-24(16-22)18-29(41)39(28)6/h7-17,32H,18H2,1-6H3/t32-/m1/s1. The fraction of sp³-hybridized carbons (Fsp3) is 0.257. The van der Waals surface area contributed by atoms with Crippen molar-refractivity contribution in [3.8, 4) is 33.0 Å². The largest absolute Gasteiger partial charge is 0.360 e. The Morgan fingerprint density at radius 3 is 2.44 bits per heavy atom. The molecule has 6 nitrogen and oxygen atoms in total. The summed E-state index contributed by atoms with van der Waals surface area (Å²) in [5.74, 6) is 0.0349. The Bertz CT molecular complexity index is 1910. The number of amides is 1. The Morgan fingerprint density at radius 2 is 1.74 bits per heavy atom. The van der Waals surface area contributed by atoms with E-state index in [2.05, 4.69) is 4.98 Å². The van der Waals surface area contributed by atoms with Gasteiger partial charge in [-0.1, -0.05) is 29.8 Å². The number of nitrogens with zero attached hydrogens (tertiary/aromatic N) is 3. The molecule has 1 amide bonds. The minimum absolute atomic E-state index is 0.0571. The number of hydrogen-bond acceptors (Lipinski definition) is 6. The highest BCUT2D eigenvalue weighted by molar-refractivity contribution is 7.22. The molecule has 8 heteroatoms. The number of anilines is 1. The van der Waals surface area contributed by atoms with Gasteiger partial charge in [0.1, 0.15) is 11.1 Å². The first-order chi connectivity index (χ1) is 20.4. The fourth-order valence-corrected chi connectivity index (χ4v) is 6.87. The zero-order valence-corrected chi connectivity index (χ0v) is 26.6. The van der Waals surface area contributed by atoms with Gasteiger partial charge in [0.25, 0.3) is 0 Å². The summed E-state index contributed by atoms with van der Waals surface area (Å²) in [5, 5.41) is 1.48. The van der Waals surface area contributed by atoms with Crippen LogP contribution in [0.25, 0.3) is 43.2 Å². The predicted octanol–water partition coefficient (Wildman–Crippen LogP) is 8.62. The molecule has 2 aromatic heterocycles. The second-order valence-electron chi connectivity index (χ2n) is 12.0. The molecule has 0 unspecified atom stereocenters. The van der Waals surface area contributed by atoms with Gasteiger partial charge in [0, 0.05) is 46.2 Å². The summed E-state index contributed by atoms with van der Waals surface area (Å²) in [6, 6.07) is 19.8. The highest BCUT2D eigenvalue weighted by Gasteiger charge is 2.30. The Kier molecular flexibility index (Phi) is 7.45. The number of ketones is 1. The SMILES string of the molecule is CC(=O)[C@@H](OC(C)(C)C)c1c(C)cc2nc(-c3ccnc(-c4ccc5c(c4)CC(=O)N5C)c3)sc2c1-c1ccc(Cl)cc1. The first-order valence-corrected chi connectivity index (χ1v) is 15.3. The lowest BCUT2D eigenvalue weighted by atomic mass is 9.90. The molecule has 43 heavy (non-hydrogen) atoms. The average molecular weight is 610 g/mol. The molecule has 0 radical (unpaired) electrons. The van der Waals surface area contributed by atoms with Crippen LogP contribution < -0.4 is 4.90 Å². The molecule has 1 aliphatic rings. The number of rotatable bonds is 6. The highest BCUT2D eigenvalue weighted by Crippen LogP contribution is 2.45. The quantitative estimate of drug-likeness (QED) is 0.193. The van der Waals surface area contributed by atoms with Crippen LogP contribution in [0.15, 0.2) is 66.9 Å². The van der Waals surface area contributed by atoms with Crippen molar-refractivity contribution < 1.29 is 14.3 Å². The number of likely N-dealkylation sites (N-methyl/N-ethyl adjacent to an activating group) is 1. The molecule has 0 aliphatic carbocycles. The van der Waals surface area contributed by atoms with Gasteiger partial charge in [0.2, 0.25) is 5.91 Å².